The number of hydrogen-bond acceptors (Lipinski definition) is 1. The molecule has 0 saturated carbocycles. The molecular formula is C15H14Cl3N. The number of nitrogens with one attached hydrogen (secondary N) is 1. The lowest BCUT2D eigenvalue weighted by molar-refractivity contribution is 0.575. The van der Waals surface area contributed by atoms with E-state index in [0.717, 1.165) is 16.1 Å². The molecule has 1 N–H and O–H groups in total. The minimum Gasteiger partial charge on any atom is -0.306 e. The first kappa shape index (κ1) is 14.7. The van der Waals surface area contributed by atoms with E-state index in [1.807, 2.05) is 36.4 Å². The molecule has 2 rings (SSSR count). The van der Waals surface area contributed by atoms with E-state index in [4.69, 9.17) is 34.8 Å². The fourth-order valence-electron chi connectivity index (χ4n) is 1.86. The Bertz CT molecular complexity index is 569. The molecule has 0 aliphatic rings. The summed E-state index contributed by atoms with van der Waals surface area (Å²) in [6, 6.07) is 13.5. The quantitative estimate of drug-likeness (QED) is 0.786. The Labute approximate surface area is 128 Å². The normalized spacial score (nSPS) is 12.4. The molecule has 0 spiro atoms. The second-order valence-corrected chi connectivity index (χ2v) is 5.61. The molecule has 0 unspecified atom stereocenters. The number of hydrogen-bond donors (Lipinski definition) is 1. The molecule has 0 bridgehead atoms. The van der Waals surface area contributed by atoms with Crippen LogP contribution in [0.25, 0.3) is 0 Å². The van der Waals surface area contributed by atoms with Gasteiger partial charge in [0, 0.05) is 27.7 Å². The molecule has 0 fully saturated rings. The van der Waals surface area contributed by atoms with E-state index in [9.17, 15) is 0 Å². The highest BCUT2D eigenvalue weighted by molar-refractivity contribution is 6.35. The molecule has 2 aromatic carbocycles. The van der Waals surface area contributed by atoms with E-state index in [2.05, 4.69) is 12.2 Å². The van der Waals surface area contributed by atoms with Crippen LogP contribution < -0.4 is 5.32 Å². The van der Waals surface area contributed by atoms with Gasteiger partial charge in [-0.25, -0.2) is 0 Å². The van der Waals surface area contributed by atoms with Crippen molar-refractivity contribution in [2.75, 3.05) is 0 Å². The summed E-state index contributed by atoms with van der Waals surface area (Å²) in [5.74, 6) is 0. The molecule has 0 aliphatic heterocycles. The zero-order chi connectivity index (χ0) is 13.8. The Morgan fingerprint density at radius 2 is 1.74 bits per heavy atom. The first-order chi connectivity index (χ1) is 9.08. The molecule has 0 radical (unpaired) electrons. The SMILES string of the molecule is C[C@@H](NCc1ccc(Cl)cc1Cl)c1ccccc1Cl. The standard InChI is InChI=1S/C15H14Cl3N/c1-10(13-4-2-3-5-14(13)17)19-9-11-6-7-12(16)8-15(11)18/h2-8,10,19H,9H2,1H3/t10-/m1/s1. The first-order valence-corrected chi connectivity index (χ1v) is 7.13. The van der Waals surface area contributed by atoms with Crippen molar-refractivity contribution in [2.45, 2.75) is 19.5 Å². The second kappa shape index (κ2) is 6.62. The lowest BCUT2D eigenvalue weighted by Gasteiger charge is -2.16. The minimum atomic E-state index is 0.153. The third-order valence-corrected chi connectivity index (χ3v) is 3.92. The molecule has 0 saturated heterocycles. The number of benzene rings is 2. The van der Waals surface area contributed by atoms with Crippen molar-refractivity contribution in [3.05, 3.63) is 68.7 Å². The minimum absolute atomic E-state index is 0.153. The van der Waals surface area contributed by atoms with E-state index in [1.165, 1.54) is 0 Å². The maximum atomic E-state index is 6.17. The maximum absolute atomic E-state index is 6.17. The van der Waals surface area contributed by atoms with Crippen LogP contribution in [-0.2, 0) is 6.54 Å². The van der Waals surface area contributed by atoms with Gasteiger partial charge >= 0.3 is 0 Å². The Morgan fingerprint density at radius 1 is 1.00 bits per heavy atom. The molecule has 4 heteroatoms. The third-order valence-electron chi connectivity index (χ3n) is 2.99. The van der Waals surface area contributed by atoms with Gasteiger partial charge in [0.2, 0.25) is 0 Å². The monoisotopic (exact) mass is 313 g/mol. The summed E-state index contributed by atoms with van der Waals surface area (Å²) in [5, 5.41) is 5.49. The summed E-state index contributed by atoms with van der Waals surface area (Å²) in [6.07, 6.45) is 0. The van der Waals surface area contributed by atoms with E-state index in [-0.39, 0.29) is 6.04 Å². The van der Waals surface area contributed by atoms with Crippen LogP contribution in [0.1, 0.15) is 24.1 Å². The fourth-order valence-corrected chi connectivity index (χ4v) is 2.64. The zero-order valence-corrected chi connectivity index (χ0v) is 12.7. The van der Waals surface area contributed by atoms with Crippen LogP contribution in [0.3, 0.4) is 0 Å². The van der Waals surface area contributed by atoms with E-state index in [0.29, 0.717) is 16.6 Å². The van der Waals surface area contributed by atoms with Gasteiger partial charge in [-0.1, -0.05) is 59.1 Å². The van der Waals surface area contributed by atoms with Crippen LogP contribution in [0.15, 0.2) is 42.5 Å². The summed E-state index contributed by atoms with van der Waals surface area (Å²) in [5.41, 5.74) is 2.10. The van der Waals surface area contributed by atoms with Gasteiger partial charge in [0.1, 0.15) is 0 Å². The lowest BCUT2D eigenvalue weighted by Crippen LogP contribution is -2.18. The molecule has 2 aromatic rings. The highest BCUT2D eigenvalue weighted by atomic mass is 35.5. The molecule has 0 aliphatic carbocycles. The van der Waals surface area contributed by atoms with Crippen molar-refractivity contribution in [3.8, 4) is 0 Å². The van der Waals surface area contributed by atoms with Gasteiger partial charge in [-0.15, -0.1) is 0 Å². The van der Waals surface area contributed by atoms with Gasteiger partial charge in [-0.3, -0.25) is 0 Å². The molecular weight excluding hydrogens is 301 g/mol. The van der Waals surface area contributed by atoms with Crippen molar-refractivity contribution in [1.82, 2.24) is 5.32 Å². The molecule has 0 heterocycles. The molecule has 0 aromatic heterocycles. The zero-order valence-electron chi connectivity index (χ0n) is 10.5. The van der Waals surface area contributed by atoms with E-state index >= 15 is 0 Å². The van der Waals surface area contributed by atoms with Crippen molar-refractivity contribution < 1.29 is 0 Å². The van der Waals surface area contributed by atoms with Gasteiger partial charge in [0.25, 0.3) is 0 Å². The van der Waals surface area contributed by atoms with Crippen LogP contribution in [0.5, 0.6) is 0 Å². The largest absolute Gasteiger partial charge is 0.306 e. The first-order valence-electron chi connectivity index (χ1n) is 5.99. The van der Waals surface area contributed by atoms with Gasteiger partial charge < -0.3 is 5.32 Å². The molecule has 0 amide bonds. The number of halogens is 3. The lowest BCUT2D eigenvalue weighted by atomic mass is 10.1. The van der Waals surface area contributed by atoms with Crippen molar-refractivity contribution in [1.29, 1.82) is 0 Å². The number of rotatable bonds is 4. The summed E-state index contributed by atoms with van der Waals surface area (Å²) in [4.78, 5) is 0. The molecule has 19 heavy (non-hydrogen) atoms. The highest BCUT2D eigenvalue weighted by Crippen LogP contribution is 2.24. The predicted octanol–water partition coefficient (Wildman–Crippen LogP) is 5.50. The maximum Gasteiger partial charge on any atom is 0.0465 e. The molecule has 100 valence electrons. The summed E-state index contributed by atoms with van der Waals surface area (Å²) in [6.45, 7) is 2.74. The smallest absolute Gasteiger partial charge is 0.0465 e. The summed E-state index contributed by atoms with van der Waals surface area (Å²) < 4.78 is 0. The van der Waals surface area contributed by atoms with Crippen LogP contribution in [0.2, 0.25) is 15.1 Å². The fraction of sp³-hybridized carbons (Fsp3) is 0.200. The third kappa shape index (κ3) is 3.87. The average molecular weight is 315 g/mol. The highest BCUT2D eigenvalue weighted by Gasteiger charge is 2.09. The van der Waals surface area contributed by atoms with Crippen LogP contribution >= 0.6 is 34.8 Å². The molecule has 1 nitrogen and oxygen atoms in total. The average Bonchev–Trinajstić information content (AvgIpc) is 2.38. The van der Waals surface area contributed by atoms with Gasteiger partial charge in [0.05, 0.1) is 0 Å². The van der Waals surface area contributed by atoms with Crippen molar-refractivity contribution in [2.24, 2.45) is 0 Å². The van der Waals surface area contributed by atoms with Gasteiger partial charge in [-0.2, -0.15) is 0 Å². The van der Waals surface area contributed by atoms with Crippen LogP contribution in [0, 0.1) is 0 Å². The Balaban J connectivity index is 2.04. The predicted molar refractivity (Wildman–Crippen MR) is 83.2 cm³/mol. The van der Waals surface area contributed by atoms with Gasteiger partial charge in [0.15, 0.2) is 0 Å². The summed E-state index contributed by atoms with van der Waals surface area (Å²) >= 11 is 18.2. The summed E-state index contributed by atoms with van der Waals surface area (Å²) in [7, 11) is 0. The topological polar surface area (TPSA) is 12.0 Å². The second-order valence-electron chi connectivity index (χ2n) is 4.36. The van der Waals surface area contributed by atoms with E-state index < -0.39 is 0 Å². The Kier molecular flexibility index (Phi) is 5.12. The Morgan fingerprint density at radius 3 is 2.42 bits per heavy atom. The Hall–Kier alpha value is -0.730. The van der Waals surface area contributed by atoms with Gasteiger partial charge in [-0.05, 0) is 36.2 Å². The van der Waals surface area contributed by atoms with Crippen molar-refractivity contribution in [3.63, 3.8) is 0 Å². The van der Waals surface area contributed by atoms with E-state index in [1.54, 1.807) is 6.07 Å². The van der Waals surface area contributed by atoms with Crippen LogP contribution in [-0.4, -0.2) is 0 Å². The van der Waals surface area contributed by atoms with Crippen molar-refractivity contribution >= 4 is 34.8 Å². The van der Waals surface area contributed by atoms with Crippen LogP contribution in [0.4, 0.5) is 0 Å². The molecule has 1 atom stereocenters.